The molecular weight excluding hydrogens is 250 g/mol. The molecule has 0 heterocycles. The number of Topliss-reactive ketones (excluding diaryl/α,β-unsaturated/α-hetero) is 1. The zero-order valence-electron chi connectivity index (χ0n) is 12.8. The average Bonchev–Trinajstić information content (AvgIpc) is 2.48. The highest BCUT2D eigenvalue weighted by Gasteiger charge is 2.23. The maximum Gasteiger partial charge on any atom is 0.176 e. The van der Waals surface area contributed by atoms with E-state index in [1.807, 2.05) is 24.3 Å². The first-order valence-corrected chi connectivity index (χ1v) is 7.47. The molecule has 3 heteroatoms. The summed E-state index contributed by atoms with van der Waals surface area (Å²) in [6, 6.07) is 7.94. The lowest BCUT2D eigenvalue weighted by Crippen LogP contribution is -2.38. The first-order valence-electron chi connectivity index (χ1n) is 7.47. The third-order valence-electron chi connectivity index (χ3n) is 4.41. The largest absolute Gasteiger partial charge is 0.497 e. The van der Waals surface area contributed by atoms with Crippen LogP contribution in [0.2, 0.25) is 0 Å². The third kappa shape index (κ3) is 3.83. The molecular formula is C17H25NO2. The van der Waals surface area contributed by atoms with Crippen LogP contribution in [0.5, 0.6) is 5.75 Å². The topological polar surface area (TPSA) is 29.5 Å². The van der Waals surface area contributed by atoms with Crippen LogP contribution in [0, 0.1) is 5.92 Å². The maximum atomic E-state index is 12.3. The summed E-state index contributed by atoms with van der Waals surface area (Å²) in [5.41, 5.74) is 0.766. The first kappa shape index (κ1) is 15.0. The Hall–Kier alpha value is -1.35. The first-order chi connectivity index (χ1) is 9.60. The predicted molar refractivity (Wildman–Crippen MR) is 81.4 cm³/mol. The predicted octanol–water partition coefficient (Wildman–Crippen LogP) is 3.39. The summed E-state index contributed by atoms with van der Waals surface area (Å²) < 4.78 is 5.11. The van der Waals surface area contributed by atoms with Gasteiger partial charge in [0.05, 0.1) is 13.7 Å². The Morgan fingerprint density at radius 3 is 2.35 bits per heavy atom. The molecule has 1 aromatic rings. The minimum Gasteiger partial charge on any atom is -0.497 e. The Bertz CT molecular complexity index is 433. The van der Waals surface area contributed by atoms with Crippen molar-refractivity contribution in [2.45, 2.75) is 38.6 Å². The lowest BCUT2D eigenvalue weighted by Gasteiger charge is -2.33. The number of hydrogen-bond acceptors (Lipinski definition) is 3. The van der Waals surface area contributed by atoms with Gasteiger partial charge in [-0.25, -0.2) is 0 Å². The maximum absolute atomic E-state index is 12.3. The van der Waals surface area contributed by atoms with Crippen molar-refractivity contribution in [2.75, 3.05) is 20.7 Å². The summed E-state index contributed by atoms with van der Waals surface area (Å²) >= 11 is 0. The van der Waals surface area contributed by atoms with E-state index in [0.29, 0.717) is 12.6 Å². The quantitative estimate of drug-likeness (QED) is 0.771. The van der Waals surface area contributed by atoms with Gasteiger partial charge in [0.25, 0.3) is 0 Å². The minimum atomic E-state index is 0.189. The van der Waals surface area contributed by atoms with E-state index in [-0.39, 0.29) is 5.78 Å². The number of likely N-dealkylation sites (N-methyl/N-ethyl adjacent to an activating group) is 1. The number of methoxy groups -OCH3 is 1. The zero-order chi connectivity index (χ0) is 14.5. The summed E-state index contributed by atoms with van der Waals surface area (Å²) in [6.07, 6.45) is 5.00. The van der Waals surface area contributed by atoms with Crippen molar-refractivity contribution in [1.29, 1.82) is 0 Å². The minimum absolute atomic E-state index is 0.189. The highest BCUT2D eigenvalue weighted by Crippen LogP contribution is 2.26. The van der Waals surface area contributed by atoms with E-state index in [1.54, 1.807) is 7.11 Å². The van der Waals surface area contributed by atoms with E-state index in [2.05, 4.69) is 18.9 Å². The molecule has 0 aromatic heterocycles. The molecule has 0 atom stereocenters. The van der Waals surface area contributed by atoms with Crippen LogP contribution in [-0.4, -0.2) is 37.4 Å². The van der Waals surface area contributed by atoms with E-state index in [1.165, 1.54) is 25.7 Å². The Morgan fingerprint density at radius 1 is 1.20 bits per heavy atom. The van der Waals surface area contributed by atoms with Crippen molar-refractivity contribution in [2.24, 2.45) is 5.92 Å². The van der Waals surface area contributed by atoms with E-state index in [0.717, 1.165) is 17.2 Å². The van der Waals surface area contributed by atoms with E-state index < -0.39 is 0 Å². The molecule has 3 nitrogen and oxygen atoms in total. The average molecular weight is 275 g/mol. The second kappa shape index (κ2) is 6.89. The highest BCUT2D eigenvalue weighted by atomic mass is 16.5. The molecule has 1 fully saturated rings. The van der Waals surface area contributed by atoms with Gasteiger partial charge in [-0.15, -0.1) is 0 Å². The van der Waals surface area contributed by atoms with Crippen molar-refractivity contribution in [1.82, 2.24) is 4.90 Å². The number of carbonyl (C=O) groups excluding carboxylic acids is 1. The molecule has 0 spiro atoms. The SMILES string of the molecule is COc1ccc(C(=O)CN(C)C2CCC(C)CC2)cc1. The molecule has 0 aliphatic heterocycles. The summed E-state index contributed by atoms with van der Waals surface area (Å²) in [5.74, 6) is 1.82. The molecule has 1 saturated carbocycles. The van der Waals surface area contributed by atoms with Crippen LogP contribution < -0.4 is 4.74 Å². The van der Waals surface area contributed by atoms with Gasteiger partial charge in [0.2, 0.25) is 0 Å². The number of nitrogens with zero attached hydrogens (tertiary/aromatic N) is 1. The van der Waals surface area contributed by atoms with Crippen LogP contribution in [0.15, 0.2) is 24.3 Å². The number of ketones is 1. The third-order valence-corrected chi connectivity index (χ3v) is 4.41. The van der Waals surface area contributed by atoms with Gasteiger partial charge >= 0.3 is 0 Å². The molecule has 0 saturated heterocycles. The van der Waals surface area contributed by atoms with Gasteiger partial charge in [0, 0.05) is 11.6 Å². The summed E-state index contributed by atoms with van der Waals surface area (Å²) in [7, 11) is 3.71. The van der Waals surface area contributed by atoms with Gasteiger partial charge in [0.15, 0.2) is 5.78 Å². The van der Waals surface area contributed by atoms with Gasteiger partial charge in [0.1, 0.15) is 5.75 Å². The van der Waals surface area contributed by atoms with Gasteiger partial charge in [-0.1, -0.05) is 6.92 Å². The fourth-order valence-electron chi connectivity index (χ4n) is 2.91. The van der Waals surface area contributed by atoms with Crippen molar-refractivity contribution < 1.29 is 9.53 Å². The second-order valence-corrected chi connectivity index (χ2v) is 5.98. The Labute approximate surface area is 121 Å². The van der Waals surface area contributed by atoms with Crippen molar-refractivity contribution in [3.05, 3.63) is 29.8 Å². The Kier molecular flexibility index (Phi) is 5.18. The highest BCUT2D eigenvalue weighted by molar-refractivity contribution is 5.97. The molecule has 2 rings (SSSR count). The van der Waals surface area contributed by atoms with Gasteiger partial charge < -0.3 is 4.74 Å². The summed E-state index contributed by atoms with van der Waals surface area (Å²) in [6.45, 7) is 2.82. The lowest BCUT2D eigenvalue weighted by molar-refractivity contribution is 0.0889. The van der Waals surface area contributed by atoms with Crippen molar-refractivity contribution in [3.63, 3.8) is 0 Å². The Balaban J connectivity index is 1.89. The van der Waals surface area contributed by atoms with Crippen molar-refractivity contribution >= 4 is 5.78 Å². The molecule has 110 valence electrons. The standard InChI is InChI=1S/C17H25NO2/c1-13-4-8-15(9-5-13)18(2)12-17(19)14-6-10-16(20-3)11-7-14/h6-7,10-11,13,15H,4-5,8-9,12H2,1-3H3. The van der Waals surface area contributed by atoms with Crippen LogP contribution in [0.25, 0.3) is 0 Å². The number of carbonyl (C=O) groups is 1. The molecule has 1 aliphatic carbocycles. The van der Waals surface area contributed by atoms with Crippen LogP contribution in [-0.2, 0) is 0 Å². The number of ether oxygens (including phenoxy) is 1. The van der Waals surface area contributed by atoms with E-state index >= 15 is 0 Å². The molecule has 0 bridgehead atoms. The van der Waals surface area contributed by atoms with Crippen LogP contribution in [0.4, 0.5) is 0 Å². The second-order valence-electron chi connectivity index (χ2n) is 5.98. The molecule has 0 N–H and O–H groups in total. The summed E-state index contributed by atoms with van der Waals surface area (Å²) in [5, 5.41) is 0. The molecule has 1 aliphatic rings. The van der Waals surface area contributed by atoms with Crippen LogP contribution >= 0.6 is 0 Å². The van der Waals surface area contributed by atoms with Crippen molar-refractivity contribution in [3.8, 4) is 5.75 Å². The molecule has 20 heavy (non-hydrogen) atoms. The smallest absolute Gasteiger partial charge is 0.176 e. The number of rotatable bonds is 5. The van der Waals surface area contributed by atoms with Gasteiger partial charge in [-0.3, -0.25) is 9.69 Å². The molecule has 0 unspecified atom stereocenters. The normalized spacial score (nSPS) is 22.8. The summed E-state index contributed by atoms with van der Waals surface area (Å²) in [4.78, 5) is 14.5. The fourth-order valence-corrected chi connectivity index (χ4v) is 2.91. The molecule has 1 aromatic carbocycles. The monoisotopic (exact) mass is 275 g/mol. The van der Waals surface area contributed by atoms with Gasteiger partial charge in [-0.05, 0) is 62.9 Å². The number of hydrogen-bond donors (Lipinski definition) is 0. The molecule has 0 amide bonds. The van der Waals surface area contributed by atoms with Crippen LogP contribution in [0.1, 0.15) is 43.0 Å². The Morgan fingerprint density at radius 2 is 1.80 bits per heavy atom. The molecule has 0 radical (unpaired) electrons. The van der Waals surface area contributed by atoms with E-state index in [9.17, 15) is 4.79 Å². The van der Waals surface area contributed by atoms with E-state index in [4.69, 9.17) is 4.74 Å². The zero-order valence-corrected chi connectivity index (χ0v) is 12.8. The number of benzene rings is 1. The van der Waals surface area contributed by atoms with Gasteiger partial charge in [-0.2, -0.15) is 0 Å². The fraction of sp³-hybridized carbons (Fsp3) is 0.588. The lowest BCUT2D eigenvalue weighted by atomic mass is 9.86. The van der Waals surface area contributed by atoms with Crippen LogP contribution in [0.3, 0.4) is 0 Å².